The van der Waals surface area contributed by atoms with E-state index >= 15 is 0 Å². The molecule has 1 unspecified atom stereocenters. The second-order valence-corrected chi connectivity index (χ2v) is 2.48. The van der Waals surface area contributed by atoms with Crippen LogP contribution in [0.1, 0.15) is 13.3 Å². The molecule has 0 amide bonds. The van der Waals surface area contributed by atoms with Gasteiger partial charge in [-0.05, 0) is 20.1 Å². The lowest BCUT2D eigenvalue weighted by Crippen LogP contribution is -2.39. The van der Waals surface area contributed by atoms with Gasteiger partial charge in [-0.1, -0.05) is 0 Å². The highest BCUT2D eigenvalue weighted by Gasteiger charge is 2.16. The lowest BCUT2D eigenvalue weighted by molar-refractivity contribution is 0.315. The van der Waals surface area contributed by atoms with Crippen LogP contribution in [0.15, 0.2) is 4.99 Å². The van der Waals surface area contributed by atoms with Crippen molar-refractivity contribution in [3.8, 4) is 0 Å². The van der Waals surface area contributed by atoms with Crippen molar-refractivity contribution in [3.63, 3.8) is 0 Å². The standard InChI is InChI=1S/C6H13FN2/c1-6(8,5-7)3-4-9-2/h2-5,8H2,1H3. The summed E-state index contributed by atoms with van der Waals surface area (Å²) in [7, 11) is 0. The van der Waals surface area contributed by atoms with Gasteiger partial charge in [-0.15, -0.1) is 0 Å². The molecule has 1 atom stereocenters. The van der Waals surface area contributed by atoms with Crippen LogP contribution in [-0.2, 0) is 0 Å². The van der Waals surface area contributed by atoms with Crippen molar-refractivity contribution in [2.45, 2.75) is 18.9 Å². The van der Waals surface area contributed by atoms with Gasteiger partial charge in [-0.2, -0.15) is 0 Å². The van der Waals surface area contributed by atoms with Crippen LogP contribution in [0.4, 0.5) is 4.39 Å². The van der Waals surface area contributed by atoms with Gasteiger partial charge < -0.3 is 10.7 Å². The SMILES string of the molecule is C=NCCC(C)(N)CF. The molecule has 0 saturated heterocycles. The van der Waals surface area contributed by atoms with E-state index in [9.17, 15) is 4.39 Å². The van der Waals surface area contributed by atoms with E-state index in [0.29, 0.717) is 13.0 Å². The molecule has 0 rings (SSSR count). The fourth-order valence-corrected chi connectivity index (χ4v) is 0.401. The predicted octanol–water partition coefficient (Wildman–Crippen LogP) is 0.764. The number of nitrogens with two attached hydrogens (primary N) is 1. The van der Waals surface area contributed by atoms with Crippen LogP contribution < -0.4 is 5.73 Å². The Balaban J connectivity index is 3.44. The van der Waals surface area contributed by atoms with Crippen molar-refractivity contribution in [2.24, 2.45) is 10.7 Å². The van der Waals surface area contributed by atoms with Crippen LogP contribution in [0.3, 0.4) is 0 Å². The highest BCUT2D eigenvalue weighted by atomic mass is 19.1. The van der Waals surface area contributed by atoms with Gasteiger partial charge in [0.05, 0.1) is 0 Å². The van der Waals surface area contributed by atoms with Gasteiger partial charge in [0.25, 0.3) is 0 Å². The minimum atomic E-state index is -0.707. The van der Waals surface area contributed by atoms with E-state index < -0.39 is 12.2 Å². The predicted molar refractivity (Wildman–Crippen MR) is 37.6 cm³/mol. The topological polar surface area (TPSA) is 38.4 Å². The molecule has 2 N–H and O–H groups in total. The van der Waals surface area contributed by atoms with Crippen LogP contribution in [0.2, 0.25) is 0 Å². The normalized spacial score (nSPS) is 16.8. The summed E-state index contributed by atoms with van der Waals surface area (Å²) >= 11 is 0. The van der Waals surface area contributed by atoms with E-state index in [1.54, 1.807) is 6.92 Å². The van der Waals surface area contributed by atoms with Crippen LogP contribution >= 0.6 is 0 Å². The number of rotatable bonds is 4. The van der Waals surface area contributed by atoms with Gasteiger partial charge >= 0.3 is 0 Å². The zero-order valence-corrected chi connectivity index (χ0v) is 5.73. The second-order valence-electron chi connectivity index (χ2n) is 2.48. The average molecular weight is 132 g/mol. The minimum Gasteiger partial charge on any atom is -0.323 e. The van der Waals surface area contributed by atoms with Gasteiger partial charge in [0.15, 0.2) is 0 Å². The third kappa shape index (κ3) is 4.09. The maximum Gasteiger partial charge on any atom is 0.107 e. The molecule has 54 valence electrons. The molecular weight excluding hydrogens is 119 g/mol. The molecule has 0 aromatic carbocycles. The maximum atomic E-state index is 11.9. The number of halogens is 1. The Bertz CT molecular complexity index is 91.1. The van der Waals surface area contributed by atoms with Crippen molar-refractivity contribution >= 4 is 6.72 Å². The number of aliphatic imine (C=N–C) groups is 1. The summed E-state index contributed by atoms with van der Waals surface area (Å²) in [5, 5.41) is 0. The summed E-state index contributed by atoms with van der Waals surface area (Å²) in [6, 6.07) is 0. The summed E-state index contributed by atoms with van der Waals surface area (Å²) < 4.78 is 11.9. The largest absolute Gasteiger partial charge is 0.323 e. The van der Waals surface area contributed by atoms with Gasteiger partial charge in [0.1, 0.15) is 6.67 Å². The molecule has 0 aromatic rings. The highest BCUT2D eigenvalue weighted by Crippen LogP contribution is 2.05. The van der Waals surface area contributed by atoms with Gasteiger partial charge in [0.2, 0.25) is 0 Å². The molecule has 0 heterocycles. The quantitative estimate of drug-likeness (QED) is 0.563. The summed E-state index contributed by atoms with van der Waals surface area (Å²) in [5.74, 6) is 0. The lowest BCUT2D eigenvalue weighted by Gasteiger charge is -2.18. The Morgan fingerprint density at radius 3 is 2.67 bits per heavy atom. The maximum absolute atomic E-state index is 11.9. The molecule has 0 aliphatic heterocycles. The molecule has 0 aliphatic carbocycles. The molecule has 3 heteroatoms. The molecule has 0 saturated carbocycles. The van der Waals surface area contributed by atoms with E-state index in [0.717, 1.165) is 0 Å². The van der Waals surface area contributed by atoms with E-state index in [4.69, 9.17) is 5.73 Å². The van der Waals surface area contributed by atoms with Crippen molar-refractivity contribution in [2.75, 3.05) is 13.2 Å². The summed E-state index contributed by atoms with van der Waals surface area (Å²) in [6.07, 6.45) is 0.562. The minimum absolute atomic E-state index is 0.498. The lowest BCUT2D eigenvalue weighted by atomic mass is 10.0. The first-order chi connectivity index (χ1) is 4.12. The van der Waals surface area contributed by atoms with Crippen LogP contribution in [0.25, 0.3) is 0 Å². The number of hydrogen-bond acceptors (Lipinski definition) is 2. The van der Waals surface area contributed by atoms with E-state index in [-0.39, 0.29) is 0 Å². The van der Waals surface area contributed by atoms with Gasteiger partial charge in [-0.25, -0.2) is 4.39 Å². The molecule has 0 bridgehead atoms. The summed E-state index contributed by atoms with van der Waals surface area (Å²) in [4.78, 5) is 3.57. The van der Waals surface area contributed by atoms with Gasteiger partial charge in [-0.3, -0.25) is 0 Å². The summed E-state index contributed by atoms with van der Waals surface area (Å²) in [5.41, 5.74) is 4.73. The summed E-state index contributed by atoms with van der Waals surface area (Å²) in [6.45, 7) is 4.98. The third-order valence-corrected chi connectivity index (χ3v) is 1.15. The van der Waals surface area contributed by atoms with E-state index in [2.05, 4.69) is 11.7 Å². The molecule has 0 fully saturated rings. The van der Waals surface area contributed by atoms with Crippen molar-refractivity contribution in [1.82, 2.24) is 0 Å². The van der Waals surface area contributed by atoms with E-state index in [1.165, 1.54) is 0 Å². The first-order valence-corrected chi connectivity index (χ1v) is 2.90. The Morgan fingerprint density at radius 2 is 2.33 bits per heavy atom. The Labute approximate surface area is 55.0 Å². The molecule has 2 nitrogen and oxygen atoms in total. The average Bonchev–Trinajstić information content (AvgIpc) is 1.84. The van der Waals surface area contributed by atoms with Gasteiger partial charge in [0, 0.05) is 12.1 Å². The number of alkyl halides is 1. The van der Waals surface area contributed by atoms with Crippen molar-refractivity contribution in [1.29, 1.82) is 0 Å². The Hall–Kier alpha value is -0.440. The molecular formula is C6H13FN2. The van der Waals surface area contributed by atoms with Crippen molar-refractivity contribution < 1.29 is 4.39 Å². The molecule has 0 spiro atoms. The zero-order valence-electron chi connectivity index (χ0n) is 5.73. The fourth-order valence-electron chi connectivity index (χ4n) is 0.401. The second kappa shape index (κ2) is 3.56. The first kappa shape index (κ1) is 8.56. The first-order valence-electron chi connectivity index (χ1n) is 2.90. The molecule has 9 heavy (non-hydrogen) atoms. The third-order valence-electron chi connectivity index (χ3n) is 1.15. The highest BCUT2D eigenvalue weighted by molar-refractivity contribution is 5.23. The smallest absolute Gasteiger partial charge is 0.107 e. The molecule has 0 aromatic heterocycles. The Morgan fingerprint density at radius 1 is 1.78 bits per heavy atom. The number of nitrogens with zero attached hydrogens (tertiary/aromatic N) is 1. The van der Waals surface area contributed by atoms with E-state index in [1.807, 2.05) is 0 Å². The monoisotopic (exact) mass is 132 g/mol. The zero-order chi connectivity index (χ0) is 7.33. The van der Waals surface area contributed by atoms with Crippen LogP contribution in [0.5, 0.6) is 0 Å². The fraction of sp³-hybridized carbons (Fsp3) is 0.833. The number of hydrogen-bond donors (Lipinski definition) is 1. The Kier molecular flexibility index (Phi) is 3.39. The van der Waals surface area contributed by atoms with Crippen LogP contribution in [0, 0.1) is 0 Å². The molecule has 0 aliphatic rings. The molecule has 0 radical (unpaired) electrons. The van der Waals surface area contributed by atoms with Crippen molar-refractivity contribution in [3.05, 3.63) is 0 Å². The van der Waals surface area contributed by atoms with Crippen LogP contribution in [-0.4, -0.2) is 25.5 Å².